The largest absolute Gasteiger partial charge is 0.399 e. The number of halogens is 2. The molecule has 0 aliphatic heterocycles. The molecule has 0 bridgehead atoms. The van der Waals surface area contributed by atoms with Gasteiger partial charge in [0.1, 0.15) is 0 Å². The maximum Gasteiger partial charge on any atom is 0.0731 e. The number of anilines is 1. The number of aryl methyl sites for hydroxylation is 1. The first-order valence-corrected chi connectivity index (χ1v) is 6.63. The molecule has 0 radical (unpaired) electrons. The Hall–Kier alpha value is -0.830. The molecule has 0 aliphatic rings. The van der Waals surface area contributed by atoms with Gasteiger partial charge in [0.25, 0.3) is 0 Å². The molecular formula is C13H11Cl2NS. The molecule has 0 atom stereocenters. The molecule has 88 valence electrons. The number of nitrogens with two attached hydrogens (primary N) is 1. The van der Waals surface area contributed by atoms with Crippen LogP contribution in [0.3, 0.4) is 0 Å². The van der Waals surface area contributed by atoms with E-state index >= 15 is 0 Å². The molecular weight excluding hydrogens is 273 g/mol. The predicted molar refractivity (Wildman–Crippen MR) is 76.2 cm³/mol. The minimum Gasteiger partial charge on any atom is -0.399 e. The Morgan fingerprint density at radius 1 is 1.12 bits per heavy atom. The van der Waals surface area contributed by atoms with Crippen molar-refractivity contribution in [2.24, 2.45) is 0 Å². The van der Waals surface area contributed by atoms with Gasteiger partial charge in [-0.05, 0) is 42.8 Å². The van der Waals surface area contributed by atoms with Gasteiger partial charge in [-0.2, -0.15) is 0 Å². The smallest absolute Gasteiger partial charge is 0.0731 e. The molecule has 2 aromatic carbocycles. The molecule has 1 nitrogen and oxygen atoms in total. The predicted octanol–water partition coefficient (Wildman–Crippen LogP) is 5.04. The average molecular weight is 284 g/mol. The zero-order chi connectivity index (χ0) is 12.4. The Balaban J connectivity index is 2.31. The molecule has 0 unspecified atom stereocenters. The monoisotopic (exact) mass is 283 g/mol. The molecule has 0 fully saturated rings. The molecule has 2 aromatic rings. The lowest BCUT2D eigenvalue weighted by molar-refractivity contribution is 1.35. The molecule has 0 saturated carbocycles. The highest BCUT2D eigenvalue weighted by Gasteiger charge is 2.06. The molecule has 0 aromatic heterocycles. The molecule has 0 spiro atoms. The van der Waals surface area contributed by atoms with E-state index in [1.54, 1.807) is 17.8 Å². The fourth-order valence-electron chi connectivity index (χ4n) is 1.40. The first-order valence-electron chi connectivity index (χ1n) is 5.06. The van der Waals surface area contributed by atoms with Crippen molar-refractivity contribution in [2.75, 3.05) is 5.73 Å². The zero-order valence-corrected chi connectivity index (χ0v) is 11.5. The topological polar surface area (TPSA) is 26.0 Å². The molecule has 0 saturated heterocycles. The van der Waals surface area contributed by atoms with Crippen LogP contribution in [-0.4, -0.2) is 0 Å². The summed E-state index contributed by atoms with van der Waals surface area (Å²) in [6.45, 7) is 1.99. The fraction of sp³-hybridized carbons (Fsp3) is 0.0769. The second-order valence-corrected chi connectivity index (χ2v) is 5.57. The molecule has 0 aliphatic carbocycles. The first kappa shape index (κ1) is 12.6. The van der Waals surface area contributed by atoms with E-state index in [4.69, 9.17) is 28.9 Å². The Morgan fingerprint density at radius 2 is 1.88 bits per heavy atom. The molecule has 17 heavy (non-hydrogen) atoms. The van der Waals surface area contributed by atoms with Crippen LogP contribution in [0.25, 0.3) is 0 Å². The van der Waals surface area contributed by atoms with Gasteiger partial charge in [0.15, 0.2) is 0 Å². The minimum atomic E-state index is 0.573. The second-order valence-electron chi connectivity index (χ2n) is 3.67. The van der Waals surface area contributed by atoms with E-state index in [0.29, 0.717) is 10.0 Å². The third-order valence-electron chi connectivity index (χ3n) is 2.39. The van der Waals surface area contributed by atoms with Gasteiger partial charge >= 0.3 is 0 Å². The summed E-state index contributed by atoms with van der Waals surface area (Å²) in [5.41, 5.74) is 7.64. The summed E-state index contributed by atoms with van der Waals surface area (Å²) in [7, 11) is 0. The Kier molecular flexibility index (Phi) is 3.87. The number of hydrogen-bond donors (Lipinski definition) is 1. The van der Waals surface area contributed by atoms with Crippen LogP contribution in [0.5, 0.6) is 0 Å². The Bertz CT molecular complexity index is 555. The van der Waals surface area contributed by atoms with Gasteiger partial charge in [0.05, 0.1) is 10.0 Å². The van der Waals surface area contributed by atoms with E-state index in [1.807, 2.05) is 37.3 Å². The number of benzene rings is 2. The number of hydrogen-bond acceptors (Lipinski definition) is 2. The molecule has 4 heteroatoms. The molecule has 0 heterocycles. The fourth-order valence-corrected chi connectivity index (χ4v) is 2.85. The van der Waals surface area contributed by atoms with E-state index in [0.717, 1.165) is 21.0 Å². The van der Waals surface area contributed by atoms with Gasteiger partial charge in [-0.25, -0.2) is 0 Å². The third kappa shape index (κ3) is 2.89. The van der Waals surface area contributed by atoms with Crippen molar-refractivity contribution in [1.82, 2.24) is 0 Å². The van der Waals surface area contributed by atoms with Crippen molar-refractivity contribution in [3.05, 3.63) is 52.0 Å². The van der Waals surface area contributed by atoms with Gasteiger partial charge in [0.2, 0.25) is 0 Å². The normalized spacial score (nSPS) is 10.5. The van der Waals surface area contributed by atoms with Crippen molar-refractivity contribution in [2.45, 2.75) is 16.7 Å². The highest BCUT2D eigenvalue weighted by atomic mass is 35.5. The van der Waals surface area contributed by atoms with Gasteiger partial charge in [-0.15, -0.1) is 0 Å². The average Bonchev–Trinajstić information content (AvgIpc) is 2.30. The van der Waals surface area contributed by atoms with Crippen LogP contribution in [-0.2, 0) is 0 Å². The summed E-state index contributed by atoms with van der Waals surface area (Å²) < 4.78 is 0. The van der Waals surface area contributed by atoms with E-state index in [-0.39, 0.29) is 0 Å². The van der Waals surface area contributed by atoms with Crippen LogP contribution in [0.2, 0.25) is 10.0 Å². The van der Waals surface area contributed by atoms with Crippen LogP contribution in [0.4, 0.5) is 5.69 Å². The summed E-state index contributed by atoms with van der Waals surface area (Å²) in [6.07, 6.45) is 0. The quantitative estimate of drug-likeness (QED) is 0.782. The van der Waals surface area contributed by atoms with Crippen LogP contribution in [0.15, 0.2) is 46.2 Å². The third-order valence-corrected chi connectivity index (χ3v) is 4.37. The summed E-state index contributed by atoms with van der Waals surface area (Å²) in [4.78, 5) is 2.05. The van der Waals surface area contributed by atoms with Gasteiger partial charge in [-0.1, -0.05) is 41.0 Å². The number of rotatable bonds is 2. The highest BCUT2D eigenvalue weighted by Crippen LogP contribution is 2.37. The summed E-state index contributed by atoms with van der Waals surface area (Å²) in [5, 5.41) is 1.16. The van der Waals surface area contributed by atoms with E-state index in [1.165, 1.54) is 0 Å². The van der Waals surface area contributed by atoms with Gasteiger partial charge in [0, 0.05) is 15.5 Å². The van der Waals surface area contributed by atoms with Crippen LogP contribution in [0.1, 0.15) is 5.56 Å². The van der Waals surface area contributed by atoms with Crippen LogP contribution >= 0.6 is 35.0 Å². The van der Waals surface area contributed by atoms with Gasteiger partial charge < -0.3 is 5.73 Å². The summed E-state index contributed by atoms with van der Waals surface area (Å²) in [6, 6.07) is 11.5. The Labute approximate surface area is 115 Å². The lowest BCUT2D eigenvalue weighted by Crippen LogP contribution is -1.88. The van der Waals surface area contributed by atoms with E-state index in [2.05, 4.69) is 0 Å². The van der Waals surface area contributed by atoms with Crippen molar-refractivity contribution in [3.63, 3.8) is 0 Å². The maximum atomic E-state index is 6.14. The Morgan fingerprint density at radius 3 is 2.59 bits per heavy atom. The SMILES string of the molecule is Cc1cc(Sc2cccc(Cl)c2Cl)ccc1N. The highest BCUT2D eigenvalue weighted by molar-refractivity contribution is 7.99. The summed E-state index contributed by atoms with van der Waals surface area (Å²) in [5.74, 6) is 0. The molecule has 2 N–H and O–H groups in total. The second kappa shape index (κ2) is 5.21. The number of nitrogen functional groups attached to an aromatic ring is 1. The van der Waals surface area contributed by atoms with Crippen LogP contribution < -0.4 is 5.73 Å². The van der Waals surface area contributed by atoms with Crippen molar-refractivity contribution < 1.29 is 0 Å². The molecule has 0 amide bonds. The molecule has 2 rings (SSSR count). The minimum absolute atomic E-state index is 0.573. The van der Waals surface area contributed by atoms with E-state index < -0.39 is 0 Å². The van der Waals surface area contributed by atoms with E-state index in [9.17, 15) is 0 Å². The first-order chi connectivity index (χ1) is 8.08. The summed E-state index contributed by atoms with van der Waals surface area (Å²) >= 11 is 13.7. The lowest BCUT2D eigenvalue weighted by atomic mass is 10.2. The van der Waals surface area contributed by atoms with Crippen molar-refractivity contribution in [1.29, 1.82) is 0 Å². The standard InChI is InChI=1S/C13H11Cl2NS/c1-8-7-9(5-6-11(8)16)17-12-4-2-3-10(14)13(12)15/h2-7H,16H2,1H3. The maximum absolute atomic E-state index is 6.14. The van der Waals surface area contributed by atoms with Crippen molar-refractivity contribution in [3.8, 4) is 0 Å². The lowest BCUT2D eigenvalue weighted by Gasteiger charge is -2.07. The van der Waals surface area contributed by atoms with Crippen molar-refractivity contribution >= 4 is 40.7 Å². The van der Waals surface area contributed by atoms with Gasteiger partial charge in [-0.3, -0.25) is 0 Å². The zero-order valence-electron chi connectivity index (χ0n) is 9.21. The van der Waals surface area contributed by atoms with Crippen LogP contribution in [0, 0.1) is 6.92 Å².